The molecule has 5 heteroatoms. The van der Waals surface area contributed by atoms with Crippen molar-refractivity contribution in [2.45, 2.75) is 6.61 Å². The Morgan fingerprint density at radius 1 is 1.28 bits per heavy atom. The molecule has 18 heavy (non-hydrogen) atoms. The van der Waals surface area contributed by atoms with Crippen LogP contribution in [0.2, 0.25) is 0 Å². The number of hydrogen-bond donors (Lipinski definition) is 1. The van der Waals surface area contributed by atoms with Crippen LogP contribution in [0.3, 0.4) is 0 Å². The van der Waals surface area contributed by atoms with E-state index in [1.807, 2.05) is 0 Å². The number of aromatic nitrogens is 1. The first-order valence-corrected chi connectivity index (χ1v) is 5.22. The molecule has 0 atom stereocenters. The predicted octanol–water partition coefficient (Wildman–Crippen LogP) is 2.50. The largest absolute Gasteiger partial charge is 0.484 e. The van der Waals surface area contributed by atoms with E-state index in [4.69, 9.17) is 9.84 Å². The molecule has 0 radical (unpaired) electrons. The maximum absolute atomic E-state index is 13.2. The van der Waals surface area contributed by atoms with Crippen LogP contribution in [0.4, 0.5) is 4.39 Å². The van der Waals surface area contributed by atoms with Gasteiger partial charge in [0.2, 0.25) is 0 Å². The Morgan fingerprint density at radius 2 is 2.06 bits per heavy atom. The van der Waals surface area contributed by atoms with E-state index in [1.54, 1.807) is 12.1 Å². The van der Waals surface area contributed by atoms with Crippen LogP contribution in [0, 0.1) is 5.82 Å². The SMILES string of the molecule is O=C(O)c1ccc(COc2ccccc2F)nc1. The Balaban J connectivity index is 2.02. The van der Waals surface area contributed by atoms with Crippen molar-refractivity contribution in [3.63, 3.8) is 0 Å². The van der Waals surface area contributed by atoms with Gasteiger partial charge in [0.25, 0.3) is 0 Å². The summed E-state index contributed by atoms with van der Waals surface area (Å²) in [4.78, 5) is 14.5. The van der Waals surface area contributed by atoms with Gasteiger partial charge in [0, 0.05) is 6.20 Å². The summed E-state index contributed by atoms with van der Waals surface area (Å²) in [5.41, 5.74) is 0.632. The number of carboxylic acid groups (broad SMARTS) is 1. The molecule has 2 aromatic rings. The number of benzene rings is 1. The summed E-state index contributed by atoms with van der Waals surface area (Å²) < 4.78 is 18.5. The Hall–Kier alpha value is -2.43. The number of para-hydroxylation sites is 1. The van der Waals surface area contributed by atoms with Crippen molar-refractivity contribution >= 4 is 5.97 Å². The summed E-state index contributed by atoms with van der Waals surface area (Å²) in [7, 11) is 0. The smallest absolute Gasteiger partial charge is 0.337 e. The second kappa shape index (κ2) is 5.27. The third kappa shape index (κ3) is 2.82. The Bertz CT molecular complexity index is 554. The minimum atomic E-state index is -1.04. The molecular formula is C13H10FNO3. The highest BCUT2D eigenvalue weighted by Crippen LogP contribution is 2.16. The molecule has 0 bridgehead atoms. The van der Waals surface area contributed by atoms with Crippen LogP contribution >= 0.6 is 0 Å². The van der Waals surface area contributed by atoms with Crippen molar-refractivity contribution in [1.82, 2.24) is 4.98 Å². The van der Waals surface area contributed by atoms with E-state index in [0.29, 0.717) is 5.69 Å². The number of pyridine rings is 1. The van der Waals surface area contributed by atoms with Gasteiger partial charge in [0.15, 0.2) is 11.6 Å². The van der Waals surface area contributed by atoms with Crippen LogP contribution in [0.15, 0.2) is 42.6 Å². The summed E-state index contributed by atoms with van der Waals surface area (Å²) in [6.07, 6.45) is 1.24. The number of ether oxygens (including phenoxy) is 1. The van der Waals surface area contributed by atoms with E-state index in [1.165, 1.54) is 30.5 Å². The summed E-state index contributed by atoms with van der Waals surface area (Å²) in [6.45, 7) is 0.0842. The van der Waals surface area contributed by atoms with Crippen LogP contribution in [0.25, 0.3) is 0 Å². The van der Waals surface area contributed by atoms with Crippen molar-refractivity contribution in [1.29, 1.82) is 0 Å². The molecule has 0 aliphatic heterocycles. The van der Waals surface area contributed by atoms with Crippen molar-refractivity contribution in [3.8, 4) is 5.75 Å². The van der Waals surface area contributed by atoms with E-state index < -0.39 is 11.8 Å². The average Bonchev–Trinajstić information content (AvgIpc) is 2.38. The number of rotatable bonds is 4. The molecule has 0 amide bonds. The normalized spacial score (nSPS) is 10.1. The number of nitrogens with zero attached hydrogens (tertiary/aromatic N) is 1. The van der Waals surface area contributed by atoms with Gasteiger partial charge >= 0.3 is 5.97 Å². The standard InChI is InChI=1S/C13H10FNO3/c14-11-3-1-2-4-12(11)18-8-10-6-5-9(7-15-10)13(16)17/h1-7H,8H2,(H,16,17). The van der Waals surface area contributed by atoms with Crippen LogP contribution in [-0.2, 0) is 6.61 Å². The lowest BCUT2D eigenvalue weighted by molar-refractivity contribution is 0.0696. The third-order valence-corrected chi connectivity index (χ3v) is 2.28. The number of carboxylic acids is 1. The van der Waals surface area contributed by atoms with Gasteiger partial charge in [0.1, 0.15) is 6.61 Å². The summed E-state index contributed by atoms with van der Waals surface area (Å²) >= 11 is 0. The molecule has 0 spiro atoms. The Labute approximate surface area is 103 Å². The minimum absolute atomic E-state index is 0.0842. The Morgan fingerprint density at radius 3 is 2.67 bits per heavy atom. The highest BCUT2D eigenvalue weighted by atomic mass is 19.1. The number of hydrogen-bond acceptors (Lipinski definition) is 3. The van der Waals surface area contributed by atoms with Gasteiger partial charge in [0.05, 0.1) is 11.3 Å². The lowest BCUT2D eigenvalue weighted by Gasteiger charge is -2.06. The minimum Gasteiger partial charge on any atom is -0.484 e. The van der Waals surface area contributed by atoms with Gasteiger partial charge in [-0.25, -0.2) is 9.18 Å². The maximum atomic E-state index is 13.2. The molecule has 1 aromatic heterocycles. The molecule has 1 N–H and O–H groups in total. The van der Waals surface area contributed by atoms with Crippen LogP contribution < -0.4 is 4.74 Å². The van der Waals surface area contributed by atoms with Crippen molar-refractivity contribution < 1.29 is 19.0 Å². The lowest BCUT2D eigenvalue weighted by Crippen LogP contribution is -2.02. The molecule has 92 valence electrons. The fraction of sp³-hybridized carbons (Fsp3) is 0.0769. The van der Waals surface area contributed by atoms with Gasteiger partial charge in [-0.05, 0) is 24.3 Å². The van der Waals surface area contributed by atoms with E-state index in [0.717, 1.165) is 0 Å². The predicted molar refractivity (Wildman–Crippen MR) is 61.9 cm³/mol. The van der Waals surface area contributed by atoms with Gasteiger partial charge in [-0.3, -0.25) is 4.98 Å². The fourth-order valence-electron chi connectivity index (χ4n) is 1.35. The number of aromatic carboxylic acids is 1. The number of halogens is 1. The summed E-state index contributed by atoms with van der Waals surface area (Å²) in [5, 5.41) is 8.70. The van der Waals surface area contributed by atoms with Gasteiger partial charge < -0.3 is 9.84 Å². The molecule has 0 fully saturated rings. The lowest BCUT2D eigenvalue weighted by atomic mass is 10.2. The zero-order valence-electron chi connectivity index (χ0n) is 9.34. The van der Waals surface area contributed by atoms with Crippen LogP contribution in [-0.4, -0.2) is 16.1 Å². The molecule has 2 rings (SSSR count). The van der Waals surface area contributed by atoms with Gasteiger partial charge in [-0.15, -0.1) is 0 Å². The van der Waals surface area contributed by atoms with Crippen molar-refractivity contribution in [3.05, 3.63) is 59.7 Å². The maximum Gasteiger partial charge on any atom is 0.337 e. The third-order valence-electron chi connectivity index (χ3n) is 2.28. The molecule has 1 aromatic carbocycles. The first-order chi connectivity index (χ1) is 8.66. The molecule has 0 saturated heterocycles. The highest BCUT2D eigenvalue weighted by Gasteiger charge is 2.05. The summed E-state index contributed by atoms with van der Waals surface area (Å²) in [5.74, 6) is -1.34. The first kappa shape index (κ1) is 12.0. The van der Waals surface area contributed by atoms with Crippen molar-refractivity contribution in [2.75, 3.05) is 0 Å². The monoisotopic (exact) mass is 247 g/mol. The van der Waals surface area contributed by atoms with E-state index in [2.05, 4.69) is 4.98 Å². The molecule has 0 aliphatic rings. The molecule has 0 aliphatic carbocycles. The zero-order chi connectivity index (χ0) is 13.0. The average molecular weight is 247 g/mol. The second-order valence-electron chi connectivity index (χ2n) is 3.56. The molecule has 0 unspecified atom stereocenters. The topological polar surface area (TPSA) is 59.4 Å². The second-order valence-corrected chi connectivity index (χ2v) is 3.56. The molecular weight excluding hydrogens is 237 g/mol. The highest BCUT2D eigenvalue weighted by molar-refractivity contribution is 5.87. The van der Waals surface area contributed by atoms with Crippen molar-refractivity contribution in [2.24, 2.45) is 0 Å². The van der Waals surface area contributed by atoms with Gasteiger partial charge in [-0.2, -0.15) is 0 Å². The quantitative estimate of drug-likeness (QED) is 0.901. The van der Waals surface area contributed by atoms with E-state index in [-0.39, 0.29) is 17.9 Å². The molecule has 0 saturated carbocycles. The molecule has 4 nitrogen and oxygen atoms in total. The number of carbonyl (C=O) groups is 1. The van der Waals surface area contributed by atoms with E-state index >= 15 is 0 Å². The van der Waals surface area contributed by atoms with Gasteiger partial charge in [-0.1, -0.05) is 12.1 Å². The van der Waals surface area contributed by atoms with E-state index in [9.17, 15) is 9.18 Å². The Kier molecular flexibility index (Phi) is 3.52. The first-order valence-electron chi connectivity index (χ1n) is 5.22. The summed E-state index contributed by atoms with van der Waals surface area (Å²) in [6, 6.07) is 9.01. The van der Waals surface area contributed by atoms with Crippen LogP contribution in [0.1, 0.15) is 16.1 Å². The fourth-order valence-corrected chi connectivity index (χ4v) is 1.35. The zero-order valence-corrected chi connectivity index (χ0v) is 9.34. The van der Waals surface area contributed by atoms with Crippen LogP contribution in [0.5, 0.6) is 5.75 Å². The molecule has 1 heterocycles.